The number of nitrogens with one attached hydrogen (secondary N) is 2. The molecule has 2 aromatic carbocycles. The summed E-state index contributed by atoms with van der Waals surface area (Å²) in [6.07, 6.45) is 0. The minimum Gasteiger partial charge on any atom is -0.321 e. The monoisotopic (exact) mass is 341 g/mol. The average Bonchev–Trinajstić information content (AvgIpc) is 2.96. The number of nitrogens with zero attached hydrogens (tertiary/aromatic N) is 1. The van der Waals surface area contributed by atoms with Crippen LogP contribution in [0.1, 0.15) is 27.0 Å². The standard InChI is InChI=1S/C16H12BrN3O/c17-14-5-10(7-18)1-4-15(14)20-16(21)11-2-3-12-8-19-9-13(12)6-11/h1-6,19H,8-9H2,(H,20,21). The van der Waals surface area contributed by atoms with Crippen LogP contribution >= 0.6 is 15.9 Å². The number of anilines is 1. The fourth-order valence-corrected chi connectivity index (χ4v) is 2.79. The summed E-state index contributed by atoms with van der Waals surface area (Å²) in [6, 6.07) is 12.9. The summed E-state index contributed by atoms with van der Waals surface area (Å²) in [4.78, 5) is 12.3. The van der Waals surface area contributed by atoms with E-state index in [9.17, 15) is 4.79 Å². The molecule has 5 heteroatoms. The summed E-state index contributed by atoms with van der Waals surface area (Å²) in [5.74, 6) is -0.157. The van der Waals surface area contributed by atoms with E-state index in [-0.39, 0.29) is 5.91 Å². The minimum atomic E-state index is -0.157. The Kier molecular flexibility index (Phi) is 3.74. The molecule has 0 aromatic heterocycles. The first-order chi connectivity index (χ1) is 10.2. The average molecular weight is 342 g/mol. The van der Waals surface area contributed by atoms with Crippen molar-refractivity contribution in [3.63, 3.8) is 0 Å². The molecule has 1 aliphatic rings. The summed E-state index contributed by atoms with van der Waals surface area (Å²) in [6.45, 7) is 1.66. The van der Waals surface area contributed by atoms with Crippen LogP contribution in [0.15, 0.2) is 40.9 Å². The van der Waals surface area contributed by atoms with Gasteiger partial charge in [0.15, 0.2) is 0 Å². The lowest BCUT2D eigenvalue weighted by molar-refractivity contribution is 0.102. The Morgan fingerprint density at radius 2 is 2.00 bits per heavy atom. The Balaban J connectivity index is 1.82. The molecule has 2 N–H and O–H groups in total. The first-order valence-corrected chi connectivity index (χ1v) is 7.30. The summed E-state index contributed by atoms with van der Waals surface area (Å²) in [5, 5.41) is 14.9. The van der Waals surface area contributed by atoms with E-state index in [0.717, 1.165) is 13.1 Å². The van der Waals surface area contributed by atoms with Crippen LogP contribution in [0.3, 0.4) is 0 Å². The maximum Gasteiger partial charge on any atom is 0.255 e. The van der Waals surface area contributed by atoms with Crippen LogP contribution in [0.5, 0.6) is 0 Å². The third kappa shape index (κ3) is 2.82. The van der Waals surface area contributed by atoms with Crippen molar-refractivity contribution in [3.8, 4) is 6.07 Å². The highest BCUT2D eigenvalue weighted by Crippen LogP contribution is 2.24. The van der Waals surface area contributed by atoms with Crippen LogP contribution in [0.25, 0.3) is 0 Å². The second-order valence-electron chi connectivity index (χ2n) is 4.85. The quantitative estimate of drug-likeness (QED) is 0.881. The summed E-state index contributed by atoms with van der Waals surface area (Å²) < 4.78 is 0.692. The molecule has 0 aliphatic carbocycles. The number of carbonyl (C=O) groups is 1. The number of hydrogen-bond acceptors (Lipinski definition) is 3. The van der Waals surface area contributed by atoms with Crippen molar-refractivity contribution in [1.82, 2.24) is 5.32 Å². The van der Waals surface area contributed by atoms with Gasteiger partial charge < -0.3 is 10.6 Å². The van der Waals surface area contributed by atoms with Gasteiger partial charge in [-0.15, -0.1) is 0 Å². The van der Waals surface area contributed by atoms with Gasteiger partial charge in [0.1, 0.15) is 0 Å². The number of halogens is 1. The van der Waals surface area contributed by atoms with Crippen LogP contribution in [0.2, 0.25) is 0 Å². The molecule has 0 fully saturated rings. The predicted octanol–water partition coefficient (Wildman–Crippen LogP) is 3.18. The zero-order chi connectivity index (χ0) is 14.8. The zero-order valence-electron chi connectivity index (χ0n) is 11.1. The highest BCUT2D eigenvalue weighted by Gasteiger charge is 2.14. The molecule has 3 rings (SSSR count). The van der Waals surface area contributed by atoms with Crippen LogP contribution in [0, 0.1) is 11.3 Å². The third-order valence-electron chi connectivity index (χ3n) is 3.45. The maximum absolute atomic E-state index is 12.3. The van der Waals surface area contributed by atoms with Crippen molar-refractivity contribution in [2.24, 2.45) is 0 Å². The van der Waals surface area contributed by atoms with Gasteiger partial charge in [0.2, 0.25) is 0 Å². The molecule has 0 radical (unpaired) electrons. The molecule has 1 heterocycles. The Morgan fingerprint density at radius 1 is 1.19 bits per heavy atom. The summed E-state index contributed by atoms with van der Waals surface area (Å²) >= 11 is 3.36. The van der Waals surface area contributed by atoms with Gasteiger partial charge in [0.25, 0.3) is 5.91 Å². The number of nitriles is 1. The smallest absolute Gasteiger partial charge is 0.255 e. The number of hydrogen-bond donors (Lipinski definition) is 2. The second-order valence-corrected chi connectivity index (χ2v) is 5.70. The number of amides is 1. The van der Waals surface area contributed by atoms with Crippen LogP contribution < -0.4 is 10.6 Å². The van der Waals surface area contributed by atoms with E-state index in [0.29, 0.717) is 21.3 Å². The van der Waals surface area contributed by atoms with E-state index in [1.807, 2.05) is 18.2 Å². The van der Waals surface area contributed by atoms with Crippen LogP contribution in [-0.2, 0) is 13.1 Å². The van der Waals surface area contributed by atoms with Crippen molar-refractivity contribution in [2.45, 2.75) is 13.1 Å². The Morgan fingerprint density at radius 3 is 2.76 bits per heavy atom. The molecule has 1 aliphatic heterocycles. The van der Waals surface area contributed by atoms with E-state index >= 15 is 0 Å². The summed E-state index contributed by atoms with van der Waals surface area (Å²) in [7, 11) is 0. The molecule has 0 bridgehead atoms. The highest BCUT2D eigenvalue weighted by molar-refractivity contribution is 9.10. The Hall–Kier alpha value is -2.16. The van der Waals surface area contributed by atoms with Crippen LogP contribution in [-0.4, -0.2) is 5.91 Å². The van der Waals surface area contributed by atoms with Crippen molar-refractivity contribution < 1.29 is 4.79 Å². The zero-order valence-corrected chi connectivity index (χ0v) is 12.7. The molecule has 21 heavy (non-hydrogen) atoms. The van der Waals surface area contributed by atoms with E-state index in [4.69, 9.17) is 5.26 Å². The lowest BCUT2D eigenvalue weighted by Gasteiger charge is -2.08. The first-order valence-electron chi connectivity index (χ1n) is 6.51. The molecule has 2 aromatic rings. The second kappa shape index (κ2) is 5.68. The summed E-state index contributed by atoms with van der Waals surface area (Å²) in [5.41, 5.74) is 4.24. The Labute approximate surface area is 130 Å². The van der Waals surface area contributed by atoms with Gasteiger partial charge in [-0.05, 0) is 57.4 Å². The van der Waals surface area contributed by atoms with Gasteiger partial charge in [-0.3, -0.25) is 4.79 Å². The Bertz CT molecular complexity index is 765. The van der Waals surface area contributed by atoms with Gasteiger partial charge in [0, 0.05) is 23.1 Å². The fourth-order valence-electron chi connectivity index (χ4n) is 2.32. The maximum atomic E-state index is 12.3. The highest BCUT2D eigenvalue weighted by atomic mass is 79.9. The largest absolute Gasteiger partial charge is 0.321 e. The third-order valence-corrected chi connectivity index (χ3v) is 4.10. The van der Waals surface area contributed by atoms with Crippen molar-refractivity contribution in [1.29, 1.82) is 5.26 Å². The van der Waals surface area contributed by atoms with Crippen molar-refractivity contribution in [2.75, 3.05) is 5.32 Å². The normalized spacial score (nSPS) is 12.6. The van der Waals surface area contributed by atoms with Gasteiger partial charge in [0.05, 0.1) is 17.3 Å². The topological polar surface area (TPSA) is 64.9 Å². The van der Waals surface area contributed by atoms with Gasteiger partial charge in [-0.2, -0.15) is 5.26 Å². The van der Waals surface area contributed by atoms with E-state index in [1.54, 1.807) is 18.2 Å². The molecular formula is C16H12BrN3O. The molecule has 104 valence electrons. The van der Waals surface area contributed by atoms with Gasteiger partial charge in [-0.25, -0.2) is 0 Å². The molecule has 0 spiro atoms. The number of benzene rings is 2. The SMILES string of the molecule is N#Cc1ccc(NC(=O)c2ccc3c(c2)CNC3)c(Br)c1. The molecule has 0 saturated heterocycles. The fraction of sp³-hybridized carbons (Fsp3) is 0.125. The van der Waals surface area contributed by atoms with Crippen molar-refractivity contribution >= 4 is 27.5 Å². The lowest BCUT2D eigenvalue weighted by Crippen LogP contribution is -2.12. The number of fused-ring (bicyclic) bond motifs is 1. The molecule has 0 saturated carbocycles. The van der Waals surface area contributed by atoms with E-state index in [2.05, 4.69) is 32.6 Å². The predicted molar refractivity (Wildman–Crippen MR) is 83.8 cm³/mol. The molecule has 4 nitrogen and oxygen atoms in total. The van der Waals surface area contributed by atoms with Gasteiger partial charge in [-0.1, -0.05) is 6.07 Å². The van der Waals surface area contributed by atoms with Crippen LogP contribution in [0.4, 0.5) is 5.69 Å². The van der Waals surface area contributed by atoms with E-state index in [1.165, 1.54) is 11.1 Å². The first kappa shape index (κ1) is 13.8. The van der Waals surface area contributed by atoms with Crippen molar-refractivity contribution in [3.05, 3.63) is 63.1 Å². The number of carbonyl (C=O) groups excluding carboxylic acids is 1. The molecular weight excluding hydrogens is 330 g/mol. The molecule has 1 amide bonds. The van der Waals surface area contributed by atoms with Gasteiger partial charge >= 0.3 is 0 Å². The molecule has 0 unspecified atom stereocenters. The number of rotatable bonds is 2. The lowest BCUT2D eigenvalue weighted by atomic mass is 10.1. The molecule has 0 atom stereocenters. The minimum absolute atomic E-state index is 0.157. The van der Waals surface area contributed by atoms with E-state index < -0.39 is 0 Å².